The minimum absolute atomic E-state index is 0.0591. The number of carbonyl (C=O) groups is 1. The molecule has 2 rings (SSSR count). The van der Waals surface area contributed by atoms with Crippen molar-refractivity contribution in [2.75, 3.05) is 12.8 Å². The minimum Gasteiger partial charge on any atom is -0.340 e. The first-order valence-corrected chi connectivity index (χ1v) is 8.50. The highest BCUT2D eigenvalue weighted by atomic mass is 79.9. The zero-order valence-corrected chi connectivity index (χ0v) is 14.0. The molecule has 0 aliphatic carbocycles. The highest BCUT2D eigenvalue weighted by Crippen LogP contribution is 2.23. The molecule has 0 aliphatic rings. The van der Waals surface area contributed by atoms with Gasteiger partial charge in [-0.1, -0.05) is 0 Å². The summed E-state index contributed by atoms with van der Waals surface area (Å²) in [5.74, 6) is 0.152. The molecule has 2 aromatic rings. The Morgan fingerprint density at radius 3 is 2.60 bits per heavy atom. The molecule has 1 aromatic carbocycles. The van der Waals surface area contributed by atoms with E-state index >= 15 is 0 Å². The first kappa shape index (κ1) is 15.5. The molecule has 0 spiro atoms. The average molecular weight is 374 g/mol. The molecule has 6 heteroatoms. The lowest BCUT2D eigenvalue weighted by Gasteiger charge is -2.15. The zero-order chi connectivity index (χ0) is 14.5. The van der Waals surface area contributed by atoms with Gasteiger partial charge in [0.15, 0.2) is 0 Å². The molecule has 0 saturated heterocycles. The summed E-state index contributed by atoms with van der Waals surface area (Å²) in [7, 11) is 1.79. The number of thiophene rings is 1. The van der Waals surface area contributed by atoms with Crippen LogP contribution in [0, 0.1) is 5.82 Å². The van der Waals surface area contributed by atoms with Crippen molar-refractivity contribution in [1.82, 2.24) is 4.90 Å². The number of thioether (sulfide) groups is 1. The molecule has 0 atom stereocenters. The van der Waals surface area contributed by atoms with Gasteiger partial charge in [-0.15, -0.1) is 23.1 Å². The van der Waals surface area contributed by atoms with E-state index in [-0.39, 0.29) is 11.7 Å². The van der Waals surface area contributed by atoms with Crippen molar-refractivity contribution in [2.24, 2.45) is 0 Å². The van der Waals surface area contributed by atoms with Crippen LogP contribution in [0.3, 0.4) is 0 Å². The van der Waals surface area contributed by atoms with Crippen LogP contribution in [0.25, 0.3) is 0 Å². The molecule has 1 amide bonds. The van der Waals surface area contributed by atoms with Crippen LogP contribution in [0.2, 0.25) is 0 Å². The molecule has 0 saturated carbocycles. The molecule has 0 radical (unpaired) electrons. The van der Waals surface area contributed by atoms with E-state index in [0.717, 1.165) is 13.6 Å². The fraction of sp³-hybridized carbons (Fsp3) is 0.214. The first-order chi connectivity index (χ1) is 9.54. The van der Waals surface area contributed by atoms with E-state index in [1.54, 1.807) is 35.4 Å². The monoisotopic (exact) mass is 373 g/mol. The highest BCUT2D eigenvalue weighted by Gasteiger charge is 2.11. The van der Waals surface area contributed by atoms with Gasteiger partial charge >= 0.3 is 0 Å². The average Bonchev–Trinajstić information content (AvgIpc) is 2.83. The van der Waals surface area contributed by atoms with E-state index in [0.29, 0.717) is 12.3 Å². The Morgan fingerprint density at radius 2 is 2.00 bits per heavy atom. The van der Waals surface area contributed by atoms with Gasteiger partial charge in [0, 0.05) is 16.8 Å². The van der Waals surface area contributed by atoms with Gasteiger partial charge in [-0.25, -0.2) is 4.39 Å². The third kappa shape index (κ3) is 4.61. The predicted octanol–water partition coefficient (Wildman–Crippen LogP) is 4.40. The molecule has 1 aromatic heterocycles. The van der Waals surface area contributed by atoms with Crippen LogP contribution in [-0.2, 0) is 11.3 Å². The third-order valence-corrected chi connectivity index (χ3v) is 5.23. The second-order valence-electron chi connectivity index (χ2n) is 4.20. The van der Waals surface area contributed by atoms with Crippen LogP contribution >= 0.6 is 39.0 Å². The van der Waals surface area contributed by atoms with E-state index in [4.69, 9.17) is 0 Å². The van der Waals surface area contributed by atoms with Gasteiger partial charge in [0.1, 0.15) is 5.82 Å². The summed E-state index contributed by atoms with van der Waals surface area (Å²) in [4.78, 5) is 15.8. The summed E-state index contributed by atoms with van der Waals surface area (Å²) < 4.78 is 13.8. The molecule has 0 aliphatic heterocycles. The van der Waals surface area contributed by atoms with E-state index < -0.39 is 0 Å². The normalized spacial score (nSPS) is 10.6. The van der Waals surface area contributed by atoms with Gasteiger partial charge in [-0.05, 0) is 52.3 Å². The Kier molecular flexibility index (Phi) is 5.63. The number of hydrogen-bond donors (Lipinski definition) is 0. The molecule has 1 heterocycles. The Bertz CT molecular complexity index is 585. The number of hydrogen-bond acceptors (Lipinski definition) is 3. The standard InChI is InChI=1S/C14H13BrFNOS2/c1-17(8-12-6-7-13(15)20-12)14(18)9-19-11-4-2-10(16)3-5-11/h2-7H,8-9H2,1H3. The van der Waals surface area contributed by atoms with Crippen molar-refractivity contribution < 1.29 is 9.18 Å². The molecule has 20 heavy (non-hydrogen) atoms. The summed E-state index contributed by atoms with van der Waals surface area (Å²) in [6.07, 6.45) is 0. The van der Waals surface area contributed by atoms with Gasteiger partial charge in [0.05, 0.1) is 16.1 Å². The molecular weight excluding hydrogens is 361 g/mol. The van der Waals surface area contributed by atoms with Crippen molar-refractivity contribution in [2.45, 2.75) is 11.4 Å². The van der Waals surface area contributed by atoms with E-state index in [1.165, 1.54) is 23.9 Å². The largest absolute Gasteiger partial charge is 0.340 e. The molecule has 0 bridgehead atoms. The van der Waals surface area contributed by atoms with Crippen molar-refractivity contribution in [3.05, 3.63) is 50.9 Å². The lowest BCUT2D eigenvalue weighted by molar-refractivity contribution is -0.127. The topological polar surface area (TPSA) is 20.3 Å². The van der Waals surface area contributed by atoms with Crippen molar-refractivity contribution in [1.29, 1.82) is 0 Å². The number of carbonyl (C=O) groups excluding carboxylic acids is 1. The molecule has 0 fully saturated rings. The highest BCUT2D eigenvalue weighted by molar-refractivity contribution is 9.11. The Labute approximate surface area is 134 Å². The molecule has 0 unspecified atom stereocenters. The maximum atomic E-state index is 12.8. The van der Waals surface area contributed by atoms with E-state index in [1.807, 2.05) is 12.1 Å². The molecular formula is C14H13BrFNOS2. The van der Waals surface area contributed by atoms with Gasteiger partial charge in [0.25, 0.3) is 0 Å². The van der Waals surface area contributed by atoms with Gasteiger partial charge < -0.3 is 4.90 Å². The van der Waals surface area contributed by atoms with Crippen molar-refractivity contribution in [3.63, 3.8) is 0 Å². The first-order valence-electron chi connectivity index (χ1n) is 5.91. The SMILES string of the molecule is CN(Cc1ccc(Br)s1)C(=O)CSc1ccc(F)cc1. The number of benzene rings is 1. The Balaban J connectivity index is 1.83. The molecule has 0 N–H and O–H groups in total. The van der Waals surface area contributed by atoms with Gasteiger partial charge in [0.2, 0.25) is 5.91 Å². The third-order valence-electron chi connectivity index (χ3n) is 2.62. The maximum absolute atomic E-state index is 12.8. The summed E-state index contributed by atoms with van der Waals surface area (Å²) >= 11 is 6.45. The summed E-state index contributed by atoms with van der Waals surface area (Å²) in [6.45, 7) is 0.610. The molecule has 2 nitrogen and oxygen atoms in total. The minimum atomic E-state index is -0.263. The van der Waals surface area contributed by atoms with E-state index in [9.17, 15) is 9.18 Å². The predicted molar refractivity (Wildman–Crippen MR) is 85.6 cm³/mol. The van der Waals surface area contributed by atoms with Crippen molar-refractivity contribution >= 4 is 44.9 Å². The quantitative estimate of drug-likeness (QED) is 0.723. The van der Waals surface area contributed by atoms with Gasteiger partial charge in [-0.3, -0.25) is 4.79 Å². The second-order valence-corrected chi connectivity index (χ2v) is 7.79. The van der Waals surface area contributed by atoms with Crippen LogP contribution in [0.15, 0.2) is 45.1 Å². The van der Waals surface area contributed by atoms with E-state index in [2.05, 4.69) is 15.9 Å². The maximum Gasteiger partial charge on any atom is 0.233 e. The van der Waals surface area contributed by atoms with Crippen LogP contribution in [0.4, 0.5) is 4.39 Å². The van der Waals surface area contributed by atoms with Gasteiger partial charge in [-0.2, -0.15) is 0 Å². The second kappa shape index (κ2) is 7.24. The summed E-state index contributed by atoms with van der Waals surface area (Å²) in [5, 5.41) is 0. The van der Waals surface area contributed by atoms with Crippen LogP contribution < -0.4 is 0 Å². The Morgan fingerprint density at radius 1 is 1.30 bits per heavy atom. The number of nitrogens with zero attached hydrogens (tertiary/aromatic N) is 1. The smallest absolute Gasteiger partial charge is 0.233 e. The van der Waals surface area contributed by atoms with Crippen molar-refractivity contribution in [3.8, 4) is 0 Å². The fourth-order valence-corrected chi connectivity index (χ4v) is 3.92. The number of amides is 1. The molecule has 106 valence electrons. The Hall–Kier alpha value is -0.850. The number of halogens is 2. The fourth-order valence-electron chi connectivity index (χ4n) is 1.54. The van der Waals surface area contributed by atoms with Crippen LogP contribution in [0.5, 0.6) is 0 Å². The number of rotatable bonds is 5. The van der Waals surface area contributed by atoms with Crippen LogP contribution in [0.1, 0.15) is 4.88 Å². The summed E-state index contributed by atoms with van der Waals surface area (Å²) in [5.41, 5.74) is 0. The van der Waals surface area contributed by atoms with Crippen LogP contribution in [-0.4, -0.2) is 23.6 Å². The lowest BCUT2D eigenvalue weighted by Crippen LogP contribution is -2.27. The zero-order valence-electron chi connectivity index (χ0n) is 10.8. The summed E-state index contributed by atoms with van der Waals surface area (Å²) in [6, 6.07) is 10.2. The lowest BCUT2D eigenvalue weighted by atomic mass is 10.4.